The van der Waals surface area contributed by atoms with Gasteiger partial charge in [0.1, 0.15) is 18.2 Å². The van der Waals surface area contributed by atoms with Gasteiger partial charge in [-0.2, -0.15) is 0 Å². The third-order valence-electron chi connectivity index (χ3n) is 4.36. The minimum absolute atomic E-state index is 0.147. The van der Waals surface area contributed by atoms with E-state index >= 15 is 0 Å². The van der Waals surface area contributed by atoms with Gasteiger partial charge in [0.25, 0.3) is 0 Å². The summed E-state index contributed by atoms with van der Waals surface area (Å²) < 4.78 is 11.1. The first-order chi connectivity index (χ1) is 12.8. The van der Waals surface area contributed by atoms with Crippen LogP contribution < -0.4 is 10.6 Å². The van der Waals surface area contributed by atoms with Gasteiger partial charge in [0.05, 0.1) is 6.10 Å². The summed E-state index contributed by atoms with van der Waals surface area (Å²) in [5, 5.41) is 6.46. The second-order valence-corrected chi connectivity index (χ2v) is 9.62. The summed E-state index contributed by atoms with van der Waals surface area (Å²) in [7, 11) is 1.78. The Morgan fingerprint density at radius 2 is 1.29 bits per heavy atom. The van der Waals surface area contributed by atoms with Gasteiger partial charge < -0.3 is 14.8 Å². The molecule has 2 unspecified atom stereocenters. The van der Waals surface area contributed by atoms with Gasteiger partial charge in [-0.1, -0.05) is 27.7 Å². The molecule has 0 saturated carbocycles. The van der Waals surface area contributed by atoms with Crippen molar-refractivity contribution < 1.29 is 19.1 Å². The van der Waals surface area contributed by atoms with Gasteiger partial charge in [0.2, 0.25) is 0 Å². The van der Waals surface area contributed by atoms with Gasteiger partial charge in [-0.25, -0.2) is 0 Å². The van der Waals surface area contributed by atoms with E-state index in [2.05, 4.69) is 38.3 Å². The number of carbonyl (C=O) groups excluding carboxylic acids is 2. The molecule has 0 fully saturated rings. The lowest BCUT2D eigenvalue weighted by molar-refractivity contribution is -0.154. The molecule has 6 heteroatoms. The highest BCUT2D eigenvalue weighted by Gasteiger charge is 2.31. The molecule has 0 spiro atoms. The van der Waals surface area contributed by atoms with Gasteiger partial charge in [-0.15, -0.1) is 0 Å². The molecule has 6 nitrogen and oxygen atoms in total. The van der Waals surface area contributed by atoms with Crippen LogP contribution >= 0.6 is 0 Å². The first-order valence-electron chi connectivity index (χ1n) is 10.6. The predicted octanol–water partition coefficient (Wildman–Crippen LogP) is 3.68. The van der Waals surface area contributed by atoms with Crippen LogP contribution in [0.25, 0.3) is 0 Å². The molecule has 0 aromatic carbocycles. The summed E-state index contributed by atoms with van der Waals surface area (Å²) in [4.78, 5) is 24.9. The molecular weight excluding hydrogens is 356 g/mol. The molecular formula is C22H44N2O4. The quantitative estimate of drug-likeness (QED) is 0.459. The Morgan fingerprint density at radius 1 is 0.821 bits per heavy atom. The van der Waals surface area contributed by atoms with E-state index in [9.17, 15) is 9.59 Å². The summed E-state index contributed by atoms with van der Waals surface area (Å²) in [6.07, 6.45) is 1.62. The zero-order valence-electron chi connectivity index (χ0n) is 19.7. The van der Waals surface area contributed by atoms with Gasteiger partial charge in [0, 0.05) is 12.0 Å². The van der Waals surface area contributed by atoms with Crippen LogP contribution in [0.5, 0.6) is 0 Å². The van der Waals surface area contributed by atoms with Crippen molar-refractivity contribution in [1.82, 2.24) is 10.6 Å². The summed E-state index contributed by atoms with van der Waals surface area (Å²) in [5.41, 5.74) is -0.386. The maximum absolute atomic E-state index is 12.5. The average molecular weight is 401 g/mol. The number of rotatable bonds is 13. The molecule has 0 heterocycles. The number of ether oxygens (including phenoxy) is 2. The molecule has 0 aliphatic rings. The van der Waals surface area contributed by atoms with E-state index in [0.717, 1.165) is 6.42 Å². The fraction of sp³-hybridized carbons (Fsp3) is 0.909. The van der Waals surface area contributed by atoms with Crippen molar-refractivity contribution in [2.45, 2.75) is 111 Å². The van der Waals surface area contributed by atoms with E-state index in [1.165, 1.54) is 0 Å². The summed E-state index contributed by atoms with van der Waals surface area (Å²) >= 11 is 0. The molecule has 0 aliphatic heterocycles. The molecule has 0 aliphatic carbocycles. The zero-order chi connectivity index (χ0) is 22.1. The van der Waals surface area contributed by atoms with Gasteiger partial charge in [-0.3, -0.25) is 14.9 Å². The standard InChI is InChI=1S/C22H44N2O4/c1-14(2)11-18(23-10)20(25)28-17(7)13-22(8,9)24-19(12-15(3)4)21(26)27-16(5)6/h14-19,23-24H,11-13H2,1-10H3/t17?,18-,19?/m1/s1. The number of hydrogen-bond donors (Lipinski definition) is 2. The molecule has 2 N–H and O–H groups in total. The van der Waals surface area contributed by atoms with Crippen molar-refractivity contribution in [3.8, 4) is 0 Å². The van der Waals surface area contributed by atoms with E-state index < -0.39 is 0 Å². The highest BCUT2D eigenvalue weighted by atomic mass is 16.5. The fourth-order valence-electron chi connectivity index (χ4n) is 3.37. The molecule has 0 aromatic rings. The maximum Gasteiger partial charge on any atom is 0.323 e. The fourth-order valence-corrected chi connectivity index (χ4v) is 3.37. The van der Waals surface area contributed by atoms with Crippen LogP contribution in [0.3, 0.4) is 0 Å². The summed E-state index contributed by atoms with van der Waals surface area (Å²) in [6.45, 7) is 18.0. The van der Waals surface area contributed by atoms with Gasteiger partial charge >= 0.3 is 11.9 Å². The Hall–Kier alpha value is -1.14. The van der Waals surface area contributed by atoms with Gasteiger partial charge in [-0.05, 0) is 66.3 Å². The van der Waals surface area contributed by atoms with Crippen LogP contribution in [0.1, 0.15) is 81.6 Å². The Kier molecular flexibility index (Phi) is 11.9. The van der Waals surface area contributed by atoms with E-state index in [1.54, 1.807) is 7.05 Å². The van der Waals surface area contributed by atoms with Gasteiger partial charge in [0.15, 0.2) is 0 Å². The second-order valence-electron chi connectivity index (χ2n) is 9.62. The molecule has 0 amide bonds. The molecule has 0 saturated heterocycles. The summed E-state index contributed by atoms with van der Waals surface area (Å²) in [5.74, 6) is 0.309. The number of carbonyl (C=O) groups is 2. The van der Waals surface area contributed by atoms with Crippen molar-refractivity contribution in [3.05, 3.63) is 0 Å². The number of esters is 2. The maximum atomic E-state index is 12.5. The number of nitrogens with one attached hydrogen (secondary N) is 2. The smallest absolute Gasteiger partial charge is 0.323 e. The Balaban J connectivity index is 4.91. The minimum atomic E-state index is -0.386. The first-order valence-corrected chi connectivity index (χ1v) is 10.6. The molecule has 28 heavy (non-hydrogen) atoms. The molecule has 0 aromatic heterocycles. The highest BCUT2D eigenvalue weighted by Crippen LogP contribution is 2.19. The van der Waals surface area contributed by atoms with E-state index in [4.69, 9.17) is 9.47 Å². The SMILES string of the molecule is CN[C@H](CC(C)C)C(=O)OC(C)CC(C)(C)NC(CC(C)C)C(=O)OC(C)C. The van der Waals surface area contributed by atoms with Crippen molar-refractivity contribution in [3.63, 3.8) is 0 Å². The monoisotopic (exact) mass is 400 g/mol. The third-order valence-corrected chi connectivity index (χ3v) is 4.36. The van der Waals surface area contributed by atoms with E-state index in [0.29, 0.717) is 24.7 Å². The Morgan fingerprint density at radius 3 is 1.71 bits per heavy atom. The van der Waals surface area contributed by atoms with Crippen LogP contribution in [-0.4, -0.2) is 48.8 Å². The van der Waals surface area contributed by atoms with Crippen LogP contribution in [0, 0.1) is 11.8 Å². The topological polar surface area (TPSA) is 76.7 Å². The molecule has 3 atom stereocenters. The molecule has 0 bridgehead atoms. The molecule has 0 radical (unpaired) electrons. The molecule has 0 rings (SSSR count). The van der Waals surface area contributed by atoms with Crippen molar-refractivity contribution in [2.75, 3.05) is 7.05 Å². The van der Waals surface area contributed by atoms with Crippen molar-refractivity contribution in [2.24, 2.45) is 11.8 Å². The molecule has 166 valence electrons. The van der Waals surface area contributed by atoms with Crippen LogP contribution in [0.15, 0.2) is 0 Å². The lowest BCUT2D eigenvalue weighted by atomic mass is 9.93. The average Bonchev–Trinajstić information content (AvgIpc) is 2.49. The Bertz CT molecular complexity index is 475. The Labute approximate surface area is 172 Å². The van der Waals surface area contributed by atoms with Crippen LogP contribution in [-0.2, 0) is 19.1 Å². The minimum Gasteiger partial charge on any atom is -0.462 e. The van der Waals surface area contributed by atoms with Crippen LogP contribution in [0.2, 0.25) is 0 Å². The number of hydrogen-bond acceptors (Lipinski definition) is 6. The first kappa shape index (κ1) is 26.9. The normalized spacial score (nSPS) is 15.6. The highest BCUT2D eigenvalue weighted by molar-refractivity contribution is 5.76. The van der Waals surface area contributed by atoms with Crippen molar-refractivity contribution >= 4 is 11.9 Å². The van der Waals surface area contributed by atoms with Crippen molar-refractivity contribution in [1.29, 1.82) is 0 Å². The van der Waals surface area contributed by atoms with E-state index in [-0.39, 0.29) is 41.8 Å². The summed E-state index contributed by atoms with van der Waals surface area (Å²) in [6, 6.07) is -0.681. The lowest BCUT2D eigenvalue weighted by Gasteiger charge is -2.34. The zero-order valence-corrected chi connectivity index (χ0v) is 19.7. The predicted molar refractivity (Wildman–Crippen MR) is 114 cm³/mol. The third kappa shape index (κ3) is 11.6. The lowest BCUT2D eigenvalue weighted by Crippen LogP contribution is -2.52. The van der Waals surface area contributed by atoms with Crippen LogP contribution in [0.4, 0.5) is 0 Å². The van der Waals surface area contributed by atoms with E-state index in [1.807, 2.05) is 34.6 Å². The number of likely N-dealkylation sites (N-methyl/N-ethyl adjacent to an activating group) is 1. The largest absolute Gasteiger partial charge is 0.462 e. The second kappa shape index (κ2) is 12.4.